The van der Waals surface area contributed by atoms with Crippen LogP contribution in [0.15, 0.2) is 24.3 Å². The molecule has 1 aromatic carbocycles. The van der Waals surface area contributed by atoms with Crippen LogP contribution in [0.1, 0.15) is 18.9 Å². The summed E-state index contributed by atoms with van der Waals surface area (Å²) < 4.78 is 16.1. The molecule has 1 rings (SSSR count). The van der Waals surface area contributed by atoms with E-state index in [9.17, 15) is 0 Å². The molecule has 0 radical (unpaired) electrons. The van der Waals surface area contributed by atoms with E-state index in [0.717, 1.165) is 25.2 Å². The zero-order valence-corrected chi connectivity index (χ0v) is 11.6. The molecule has 1 aromatic rings. The molecule has 0 fully saturated rings. The first-order valence-electron chi connectivity index (χ1n) is 6.85. The molecule has 19 heavy (non-hydrogen) atoms. The van der Waals surface area contributed by atoms with Gasteiger partial charge >= 0.3 is 0 Å². The van der Waals surface area contributed by atoms with Crippen LogP contribution in [0.4, 0.5) is 0 Å². The largest absolute Gasteiger partial charge is 0.491 e. The van der Waals surface area contributed by atoms with Gasteiger partial charge in [-0.05, 0) is 37.5 Å². The molecule has 0 bridgehead atoms. The first-order chi connectivity index (χ1) is 9.36. The third kappa shape index (κ3) is 7.82. The Hall–Kier alpha value is -1.10. The lowest BCUT2D eigenvalue weighted by atomic mass is 10.1. The standard InChI is InChI=1S/C15H24O4/c1-2-17-10-11-18-12-13-19-15-7-5-14(6-8-15)4-3-9-16/h5-8,16H,2-4,9-13H2,1H3. The highest BCUT2D eigenvalue weighted by atomic mass is 16.5. The number of ether oxygens (including phenoxy) is 3. The highest BCUT2D eigenvalue weighted by Gasteiger charge is 1.96. The summed E-state index contributed by atoms with van der Waals surface area (Å²) in [5, 5.41) is 8.76. The van der Waals surface area contributed by atoms with Crippen LogP contribution in [0.25, 0.3) is 0 Å². The number of benzene rings is 1. The lowest BCUT2D eigenvalue weighted by molar-refractivity contribution is 0.0405. The van der Waals surface area contributed by atoms with Crippen molar-refractivity contribution in [1.82, 2.24) is 0 Å². The van der Waals surface area contributed by atoms with E-state index < -0.39 is 0 Å². The van der Waals surface area contributed by atoms with Gasteiger partial charge in [-0.2, -0.15) is 0 Å². The highest BCUT2D eigenvalue weighted by molar-refractivity contribution is 5.27. The second kappa shape index (κ2) is 10.8. The summed E-state index contributed by atoms with van der Waals surface area (Å²) >= 11 is 0. The summed E-state index contributed by atoms with van der Waals surface area (Å²) in [5.41, 5.74) is 1.22. The monoisotopic (exact) mass is 268 g/mol. The molecule has 4 nitrogen and oxygen atoms in total. The number of hydrogen-bond acceptors (Lipinski definition) is 4. The summed E-state index contributed by atoms with van der Waals surface area (Å²) in [5.74, 6) is 0.848. The molecular weight excluding hydrogens is 244 g/mol. The molecule has 1 N–H and O–H groups in total. The Morgan fingerprint density at radius 1 is 0.947 bits per heavy atom. The molecule has 0 unspecified atom stereocenters. The van der Waals surface area contributed by atoms with Gasteiger partial charge in [0.05, 0.1) is 19.8 Å². The minimum absolute atomic E-state index is 0.233. The van der Waals surface area contributed by atoms with E-state index in [1.807, 2.05) is 31.2 Å². The van der Waals surface area contributed by atoms with Crippen molar-refractivity contribution in [2.45, 2.75) is 19.8 Å². The van der Waals surface area contributed by atoms with Gasteiger partial charge in [0, 0.05) is 13.2 Å². The van der Waals surface area contributed by atoms with Crippen molar-refractivity contribution < 1.29 is 19.3 Å². The van der Waals surface area contributed by atoms with Gasteiger partial charge in [-0.3, -0.25) is 0 Å². The molecule has 0 saturated heterocycles. The van der Waals surface area contributed by atoms with Gasteiger partial charge in [0.15, 0.2) is 0 Å². The molecule has 0 spiro atoms. The molecule has 0 saturated carbocycles. The Morgan fingerprint density at radius 2 is 1.63 bits per heavy atom. The smallest absolute Gasteiger partial charge is 0.119 e. The molecular formula is C15H24O4. The molecule has 4 heteroatoms. The third-order valence-corrected chi connectivity index (χ3v) is 2.62. The Bertz CT molecular complexity index is 310. The summed E-state index contributed by atoms with van der Waals surface area (Å²) in [4.78, 5) is 0. The second-order valence-electron chi connectivity index (χ2n) is 4.13. The lowest BCUT2D eigenvalue weighted by Gasteiger charge is -2.08. The fourth-order valence-electron chi connectivity index (χ4n) is 1.62. The molecule has 0 aliphatic rings. The fraction of sp³-hybridized carbons (Fsp3) is 0.600. The number of aliphatic hydroxyl groups is 1. The van der Waals surface area contributed by atoms with E-state index in [1.165, 1.54) is 5.56 Å². The van der Waals surface area contributed by atoms with Crippen molar-refractivity contribution in [3.05, 3.63) is 29.8 Å². The molecule has 0 aliphatic heterocycles. The zero-order chi connectivity index (χ0) is 13.8. The number of hydrogen-bond donors (Lipinski definition) is 1. The minimum Gasteiger partial charge on any atom is -0.491 e. The Labute approximate surface area is 115 Å². The van der Waals surface area contributed by atoms with Crippen molar-refractivity contribution in [3.63, 3.8) is 0 Å². The fourth-order valence-corrected chi connectivity index (χ4v) is 1.62. The summed E-state index contributed by atoms with van der Waals surface area (Å²) in [6.45, 7) is 5.28. The normalized spacial score (nSPS) is 10.6. The molecule has 0 aromatic heterocycles. The maximum Gasteiger partial charge on any atom is 0.119 e. The SMILES string of the molecule is CCOCCOCCOc1ccc(CCCO)cc1. The van der Waals surface area contributed by atoms with E-state index >= 15 is 0 Å². The van der Waals surface area contributed by atoms with E-state index in [-0.39, 0.29) is 6.61 Å². The number of aryl methyl sites for hydroxylation is 1. The van der Waals surface area contributed by atoms with Crippen LogP contribution < -0.4 is 4.74 Å². The Morgan fingerprint density at radius 3 is 2.32 bits per heavy atom. The molecule has 0 aliphatic carbocycles. The molecule has 0 amide bonds. The minimum atomic E-state index is 0.233. The van der Waals surface area contributed by atoms with Crippen molar-refractivity contribution in [2.75, 3.05) is 39.6 Å². The second-order valence-corrected chi connectivity index (χ2v) is 4.13. The number of rotatable bonds is 11. The van der Waals surface area contributed by atoms with Crippen LogP contribution in [0.5, 0.6) is 5.75 Å². The molecule has 108 valence electrons. The average molecular weight is 268 g/mol. The maximum atomic E-state index is 8.76. The van der Waals surface area contributed by atoms with Crippen LogP contribution in [-0.2, 0) is 15.9 Å². The maximum absolute atomic E-state index is 8.76. The summed E-state index contributed by atoms with van der Waals surface area (Å²) in [7, 11) is 0. The van der Waals surface area contributed by atoms with Crippen LogP contribution in [0, 0.1) is 0 Å². The van der Waals surface area contributed by atoms with E-state index in [1.54, 1.807) is 0 Å². The lowest BCUT2D eigenvalue weighted by Crippen LogP contribution is -2.10. The van der Waals surface area contributed by atoms with E-state index in [4.69, 9.17) is 19.3 Å². The summed E-state index contributed by atoms with van der Waals surface area (Å²) in [6, 6.07) is 7.96. The predicted molar refractivity (Wildman–Crippen MR) is 74.7 cm³/mol. The van der Waals surface area contributed by atoms with E-state index in [0.29, 0.717) is 26.4 Å². The van der Waals surface area contributed by atoms with Gasteiger partial charge in [0.2, 0.25) is 0 Å². The van der Waals surface area contributed by atoms with Crippen molar-refractivity contribution >= 4 is 0 Å². The van der Waals surface area contributed by atoms with Crippen molar-refractivity contribution in [1.29, 1.82) is 0 Å². The van der Waals surface area contributed by atoms with Crippen LogP contribution in [-0.4, -0.2) is 44.7 Å². The van der Waals surface area contributed by atoms with Crippen LogP contribution >= 0.6 is 0 Å². The van der Waals surface area contributed by atoms with Gasteiger partial charge in [-0.1, -0.05) is 12.1 Å². The topological polar surface area (TPSA) is 47.9 Å². The van der Waals surface area contributed by atoms with Crippen molar-refractivity contribution in [3.8, 4) is 5.75 Å². The predicted octanol–water partition coefficient (Wildman–Crippen LogP) is 2.04. The third-order valence-electron chi connectivity index (χ3n) is 2.62. The van der Waals surface area contributed by atoms with Crippen LogP contribution in [0.3, 0.4) is 0 Å². The van der Waals surface area contributed by atoms with Gasteiger partial charge in [0.1, 0.15) is 12.4 Å². The highest BCUT2D eigenvalue weighted by Crippen LogP contribution is 2.13. The molecule has 0 atom stereocenters. The molecule has 0 heterocycles. The first-order valence-corrected chi connectivity index (χ1v) is 6.85. The quantitative estimate of drug-likeness (QED) is 0.624. The number of aliphatic hydroxyl groups excluding tert-OH is 1. The van der Waals surface area contributed by atoms with Crippen LogP contribution in [0.2, 0.25) is 0 Å². The van der Waals surface area contributed by atoms with Gasteiger partial charge in [-0.15, -0.1) is 0 Å². The Kier molecular flexibility index (Phi) is 9.06. The van der Waals surface area contributed by atoms with Crippen molar-refractivity contribution in [2.24, 2.45) is 0 Å². The first kappa shape index (κ1) is 16.0. The van der Waals surface area contributed by atoms with Gasteiger partial charge in [0.25, 0.3) is 0 Å². The average Bonchev–Trinajstić information content (AvgIpc) is 2.45. The van der Waals surface area contributed by atoms with Gasteiger partial charge < -0.3 is 19.3 Å². The Balaban J connectivity index is 2.09. The van der Waals surface area contributed by atoms with Gasteiger partial charge in [-0.25, -0.2) is 0 Å². The van der Waals surface area contributed by atoms with E-state index in [2.05, 4.69) is 0 Å². The summed E-state index contributed by atoms with van der Waals surface area (Å²) in [6.07, 6.45) is 1.70. The zero-order valence-electron chi connectivity index (χ0n) is 11.6.